The van der Waals surface area contributed by atoms with Crippen molar-refractivity contribution in [2.45, 2.75) is 6.92 Å². The number of rotatable bonds is 3. The quantitative estimate of drug-likeness (QED) is 0.730. The maximum atomic E-state index is 12.5. The fourth-order valence-electron chi connectivity index (χ4n) is 4.00. The van der Waals surface area contributed by atoms with Crippen molar-refractivity contribution in [3.63, 3.8) is 0 Å². The molecule has 0 saturated carbocycles. The third-order valence-electron chi connectivity index (χ3n) is 5.17. The lowest BCUT2D eigenvalue weighted by Gasteiger charge is -2.49. The van der Waals surface area contributed by atoms with Crippen LogP contribution >= 0.6 is 0 Å². The van der Waals surface area contributed by atoms with Gasteiger partial charge in [0, 0.05) is 11.8 Å². The smallest absolute Gasteiger partial charge is 0.146 e. The lowest BCUT2D eigenvalue weighted by molar-refractivity contribution is -0.188. The van der Waals surface area contributed by atoms with Crippen molar-refractivity contribution in [3.05, 3.63) is 24.3 Å². The number of Topliss-reactive ketones (excluding diaryl/α,β-unsaturated/α-hetero) is 1. The van der Waals surface area contributed by atoms with Gasteiger partial charge in [0.2, 0.25) is 0 Å². The lowest BCUT2D eigenvalue weighted by Crippen LogP contribution is -2.57. The minimum atomic E-state index is -0.840. The standard InChI is InChI=1S/C16H20O5/c1-11-3-4-14(15(6-17)7-20-10-21-8-15)16(12(2)18)9-19-5-13(11)16/h3-4,6,13-14H,1,5,7-10H2,2H3/t13-,14-,16+/m0/s1. The number of hydrogen-bond acceptors (Lipinski definition) is 5. The minimum absolute atomic E-state index is 0.0345. The van der Waals surface area contributed by atoms with Gasteiger partial charge in [-0.1, -0.05) is 18.7 Å². The maximum absolute atomic E-state index is 12.5. The van der Waals surface area contributed by atoms with E-state index in [2.05, 4.69) is 6.58 Å². The van der Waals surface area contributed by atoms with Gasteiger partial charge in [-0.2, -0.15) is 0 Å². The van der Waals surface area contributed by atoms with Crippen LogP contribution in [0.3, 0.4) is 0 Å². The lowest BCUT2D eigenvalue weighted by atomic mass is 9.53. The first-order valence-electron chi connectivity index (χ1n) is 7.14. The summed E-state index contributed by atoms with van der Waals surface area (Å²) in [6.45, 7) is 7.11. The Morgan fingerprint density at radius 1 is 1.33 bits per heavy atom. The highest BCUT2D eigenvalue weighted by Crippen LogP contribution is 2.55. The number of carbonyl (C=O) groups excluding carboxylic acids is 2. The highest BCUT2D eigenvalue weighted by atomic mass is 16.7. The third kappa shape index (κ3) is 1.95. The largest absolute Gasteiger partial charge is 0.380 e. The molecule has 0 amide bonds. The summed E-state index contributed by atoms with van der Waals surface area (Å²) in [5.74, 6) is -0.339. The zero-order valence-corrected chi connectivity index (χ0v) is 12.2. The first-order valence-corrected chi connectivity index (χ1v) is 7.14. The van der Waals surface area contributed by atoms with E-state index in [1.54, 1.807) is 6.92 Å². The normalized spacial score (nSPS) is 38.0. The summed E-state index contributed by atoms with van der Waals surface area (Å²) in [6, 6.07) is 0. The molecular formula is C16H20O5. The van der Waals surface area contributed by atoms with Gasteiger partial charge in [-0.25, -0.2) is 0 Å². The monoisotopic (exact) mass is 292 g/mol. The van der Waals surface area contributed by atoms with E-state index in [9.17, 15) is 9.59 Å². The molecule has 0 aromatic heterocycles. The highest BCUT2D eigenvalue weighted by Gasteiger charge is 2.61. The van der Waals surface area contributed by atoms with Crippen molar-refractivity contribution in [1.29, 1.82) is 0 Å². The molecule has 0 unspecified atom stereocenters. The first kappa shape index (κ1) is 14.6. The summed E-state index contributed by atoms with van der Waals surface area (Å²) in [5.41, 5.74) is -0.693. The SMILES string of the molecule is C=C1C=C[C@@H](C2(C=O)COCOC2)[C@@]2(C(C)=O)COC[C@@H]12. The van der Waals surface area contributed by atoms with Gasteiger partial charge in [0.25, 0.3) is 0 Å². The molecule has 0 spiro atoms. The molecule has 5 nitrogen and oxygen atoms in total. The zero-order valence-electron chi connectivity index (χ0n) is 12.2. The average molecular weight is 292 g/mol. The second-order valence-electron chi connectivity index (χ2n) is 6.24. The van der Waals surface area contributed by atoms with E-state index in [-0.39, 0.29) is 37.6 Å². The Labute approximate surface area is 123 Å². The van der Waals surface area contributed by atoms with Gasteiger partial charge >= 0.3 is 0 Å². The maximum Gasteiger partial charge on any atom is 0.146 e. The van der Waals surface area contributed by atoms with E-state index in [1.807, 2.05) is 12.2 Å². The second kappa shape index (κ2) is 5.16. The molecule has 0 N–H and O–H groups in total. The molecule has 0 aromatic rings. The molecule has 3 rings (SSSR count). The van der Waals surface area contributed by atoms with Gasteiger partial charge < -0.3 is 19.0 Å². The van der Waals surface area contributed by atoms with Crippen LogP contribution in [0.2, 0.25) is 0 Å². The van der Waals surface area contributed by atoms with Gasteiger partial charge in [-0.05, 0) is 12.5 Å². The Morgan fingerprint density at radius 2 is 2.05 bits per heavy atom. The van der Waals surface area contributed by atoms with Crippen molar-refractivity contribution < 1.29 is 23.8 Å². The summed E-state index contributed by atoms with van der Waals surface area (Å²) in [5, 5.41) is 0. The Hall–Kier alpha value is -1.30. The van der Waals surface area contributed by atoms with Crippen LogP contribution < -0.4 is 0 Å². The van der Waals surface area contributed by atoms with Crippen LogP contribution in [0.15, 0.2) is 24.3 Å². The molecule has 0 bridgehead atoms. The van der Waals surface area contributed by atoms with Crippen molar-refractivity contribution in [2.24, 2.45) is 22.7 Å². The Bertz CT molecular complexity index is 503. The molecule has 2 aliphatic heterocycles. The predicted octanol–water partition coefficient (Wildman–Crippen LogP) is 1.14. The zero-order chi connectivity index (χ0) is 15.1. The van der Waals surface area contributed by atoms with Crippen molar-refractivity contribution in [1.82, 2.24) is 0 Å². The molecule has 3 aliphatic rings. The second-order valence-corrected chi connectivity index (χ2v) is 6.24. The topological polar surface area (TPSA) is 61.8 Å². The van der Waals surface area contributed by atoms with E-state index in [4.69, 9.17) is 14.2 Å². The van der Waals surface area contributed by atoms with Crippen LogP contribution in [-0.2, 0) is 23.8 Å². The van der Waals surface area contributed by atoms with Gasteiger partial charge in [-0.3, -0.25) is 4.79 Å². The van der Waals surface area contributed by atoms with Crippen molar-refractivity contribution in [3.8, 4) is 0 Å². The Kier molecular flexibility index (Phi) is 3.59. The van der Waals surface area contributed by atoms with Gasteiger partial charge in [0.05, 0.1) is 37.3 Å². The van der Waals surface area contributed by atoms with E-state index >= 15 is 0 Å². The van der Waals surface area contributed by atoms with Crippen molar-refractivity contribution >= 4 is 12.1 Å². The molecule has 114 valence electrons. The Balaban J connectivity index is 2.10. The third-order valence-corrected chi connectivity index (χ3v) is 5.17. The molecule has 21 heavy (non-hydrogen) atoms. The van der Waals surface area contributed by atoms with Crippen molar-refractivity contribution in [2.75, 3.05) is 33.2 Å². The van der Waals surface area contributed by atoms with E-state index in [1.165, 1.54) is 0 Å². The van der Waals surface area contributed by atoms with Crippen LogP contribution in [0.25, 0.3) is 0 Å². The van der Waals surface area contributed by atoms with Crippen LogP contribution in [0.4, 0.5) is 0 Å². The van der Waals surface area contributed by atoms with Crippen LogP contribution in [-0.4, -0.2) is 45.3 Å². The van der Waals surface area contributed by atoms with Gasteiger partial charge in [0.15, 0.2) is 0 Å². The molecule has 2 fully saturated rings. The molecule has 1 aliphatic carbocycles. The van der Waals surface area contributed by atoms with E-state index in [0.717, 1.165) is 11.9 Å². The minimum Gasteiger partial charge on any atom is -0.380 e. The number of allylic oxidation sites excluding steroid dienone is 2. The molecule has 2 heterocycles. The summed E-state index contributed by atoms with van der Waals surface area (Å²) in [4.78, 5) is 24.4. The van der Waals surface area contributed by atoms with Crippen LogP contribution in [0.1, 0.15) is 6.92 Å². The van der Waals surface area contributed by atoms with Crippen LogP contribution in [0, 0.1) is 22.7 Å². The van der Waals surface area contributed by atoms with E-state index < -0.39 is 10.8 Å². The summed E-state index contributed by atoms with van der Waals surface area (Å²) >= 11 is 0. The number of aldehydes is 1. The molecule has 0 aromatic carbocycles. The van der Waals surface area contributed by atoms with Gasteiger partial charge in [0.1, 0.15) is 18.9 Å². The molecular weight excluding hydrogens is 272 g/mol. The summed E-state index contributed by atoms with van der Waals surface area (Å²) in [6.07, 6.45) is 4.71. The number of hydrogen-bond donors (Lipinski definition) is 0. The number of ketones is 1. The van der Waals surface area contributed by atoms with Gasteiger partial charge in [-0.15, -0.1) is 0 Å². The molecule has 3 atom stereocenters. The number of ether oxygens (including phenoxy) is 3. The number of carbonyl (C=O) groups is 2. The summed E-state index contributed by atoms with van der Waals surface area (Å²) < 4.78 is 16.4. The molecule has 5 heteroatoms. The highest BCUT2D eigenvalue weighted by molar-refractivity contribution is 5.86. The average Bonchev–Trinajstić information content (AvgIpc) is 2.95. The van der Waals surface area contributed by atoms with Crippen LogP contribution in [0.5, 0.6) is 0 Å². The molecule has 0 radical (unpaired) electrons. The summed E-state index contributed by atoms with van der Waals surface area (Å²) in [7, 11) is 0. The Morgan fingerprint density at radius 3 is 2.67 bits per heavy atom. The predicted molar refractivity (Wildman–Crippen MR) is 74.5 cm³/mol. The number of fused-ring (bicyclic) bond motifs is 1. The fraction of sp³-hybridized carbons (Fsp3) is 0.625. The van der Waals surface area contributed by atoms with E-state index in [0.29, 0.717) is 13.2 Å². The molecule has 2 saturated heterocycles. The first-order chi connectivity index (χ1) is 10.1. The fourth-order valence-corrected chi connectivity index (χ4v) is 4.00.